The Labute approximate surface area is 111 Å². The number of rotatable bonds is 4. The summed E-state index contributed by atoms with van der Waals surface area (Å²) in [5, 5.41) is 11.8. The van der Waals surface area contributed by atoms with E-state index in [9.17, 15) is 9.59 Å². The van der Waals surface area contributed by atoms with Crippen LogP contribution in [-0.4, -0.2) is 52.1 Å². The molecule has 1 heterocycles. The molecule has 1 saturated heterocycles. The average Bonchev–Trinajstić information content (AvgIpc) is 2.77. The average molecular weight is 272 g/mol. The minimum absolute atomic E-state index is 0.0337. The molecule has 2 amide bonds. The van der Waals surface area contributed by atoms with Crippen molar-refractivity contribution in [2.24, 2.45) is 0 Å². The van der Waals surface area contributed by atoms with Crippen molar-refractivity contribution < 1.29 is 14.7 Å². The number of carboxylic acids is 1. The molecule has 2 N–H and O–H groups in total. The smallest absolute Gasteiger partial charge is 0.317 e. The summed E-state index contributed by atoms with van der Waals surface area (Å²) in [6.07, 6.45) is 3.61. The topological polar surface area (TPSA) is 69.6 Å². The lowest BCUT2D eigenvalue weighted by atomic mass is 9.74. The van der Waals surface area contributed by atoms with Crippen LogP contribution in [0.25, 0.3) is 0 Å². The van der Waals surface area contributed by atoms with Crippen molar-refractivity contribution in [3.8, 4) is 0 Å². The van der Waals surface area contributed by atoms with Crippen LogP contribution in [0.4, 0.5) is 4.79 Å². The maximum atomic E-state index is 12.1. The molecule has 2 rings (SSSR count). The second-order valence-electron chi connectivity index (χ2n) is 5.26. The van der Waals surface area contributed by atoms with E-state index in [2.05, 4.69) is 5.32 Å². The second-order valence-corrected chi connectivity index (χ2v) is 6.41. The lowest BCUT2D eigenvalue weighted by Crippen LogP contribution is -2.58. The standard InChI is InChI=1S/C12H20N2O3S/c1-14(9-3-6-18-8-9)11(17)13-12(4-2-5-12)7-10(15)16/h9H,2-8H2,1H3,(H,13,17)(H,15,16). The van der Waals surface area contributed by atoms with E-state index in [1.54, 1.807) is 11.9 Å². The van der Waals surface area contributed by atoms with Gasteiger partial charge in [-0.2, -0.15) is 11.8 Å². The number of carbonyl (C=O) groups excluding carboxylic acids is 1. The summed E-state index contributed by atoms with van der Waals surface area (Å²) < 4.78 is 0. The van der Waals surface area contributed by atoms with Gasteiger partial charge >= 0.3 is 12.0 Å². The molecular formula is C12H20N2O3S. The number of carbonyl (C=O) groups is 2. The van der Waals surface area contributed by atoms with Crippen LogP contribution < -0.4 is 5.32 Å². The minimum atomic E-state index is -0.839. The van der Waals surface area contributed by atoms with Gasteiger partial charge in [0, 0.05) is 18.8 Å². The molecule has 1 unspecified atom stereocenters. The Hall–Kier alpha value is -0.910. The molecule has 18 heavy (non-hydrogen) atoms. The molecule has 2 aliphatic rings. The van der Waals surface area contributed by atoms with Crippen LogP contribution in [0.2, 0.25) is 0 Å². The van der Waals surface area contributed by atoms with Crippen LogP contribution in [0, 0.1) is 0 Å². The van der Waals surface area contributed by atoms with Crippen LogP contribution in [0.3, 0.4) is 0 Å². The molecular weight excluding hydrogens is 252 g/mol. The zero-order chi connectivity index (χ0) is 13.2. The maximum Gasteiger partial charge on any atom is 0.317 e. The molecule has 5 nitrogen and oxygen atoms in total. The molecule has 0 aromatic rings. The monoisotopic (exact) mass is 272 g/mol. The number of hydrogen-bond acceptors (Lipinski definition) is 3. The molecule has 0 radical (unpaired) electrons. The first-order valence-corrected chi connectivity index (χ1v) is 7.52. The van der Waals surface area contributed by atoms with Crippen LogP contribution in [0.1, 0.15) is 32.1 Å². The van der Waals surface area contributed by atoms with Gasteiger partial charge in [0.25, 0.3) is 0 Å². The number of thioether (sulfide) groups is 1. The first kappa shape index (κ1) is 13.5. The molecule has 1 atom stereocenters. The van der Waals surface area contributed by atoms with E-state index in [1.807, 2.05) is 11.8 Å². The van der Waals surface area contributed by atoms with E-state index in [1.165, 1.54) is 0 Å². The summed E-state index contributed by atoms with van der Waals surface area (Å²) in [6, 6.07) is 0.167. The zero-order valence-electron chi connectivity index (χ0n) is 10.6. The molecule has 2 fully saturated rings. The molecule has 1 saturated carbocycles. The van der Waals surface area contributed by atoms with Crippen molar-refractivity contribution in [3.63, 3.8) is 0 Å². The van der Waals surface area contributed by atoms with Crippen LogP contribution in [0.15, 0.2) is 0 Å². The molecule has 0 bridgehead atoms. The Morgan fingerprint density at radius 2 is 2.22 bits per heavy atom. The highest BCUT2D eigenvalue weighted by molar-refractivity contribution is 7.99. The number of urea groups is 1. The number of nitrogens with zero attached hydrogens (tertiary/aromatic N) is 1. The fourth-order valence-corrected chi connectivity index (χ4v) is 3.82. The van der Waals surface area contributed by atoms with Crippen molar-refractivity contribution in [1.82, 2.24) is 10.2 Å². The van der Waals surface area contributed by atoms with Gasteiger partial charge in [0.1, 0.15) is 0 Å². The van der Waals surface area contributed by atoms with Crippen molar-refractivity contribution in [1.29, 1.82) is 0 Å². The van der Waals surface area contributed by atoms with Crippen LogP contribution in [0.5, 0.6) is 0 Å². The lowest BCUT2D eigenvalue weighted by molar-refractivity contribution is -0.139. The first-order valence-electron chi connectivity index (χ1n) is 6.37. The number of amides is 2. The van der Waals surface area contributed by atoms with Gasteiger partial charge in [0.15, 0.2) is 0 Å². The third-order valence-electron chi connectivity index (χ3n) is 3.95. The van der Waals surface area contributed by atoms with E-state index in [4.69, 9.17) is 5.11 Å². The number of hydrogen-bond donors (Lipinski definition) is 2. The Balaban J connectivity index is 1.90. The summed E-state index contributed by atoms with van der Waals surface area (Å²) in [5.41, 5.74) is -0.497. The Morgan fingerprint density at radius 1 is 1.50 bits per heavy atom. The van der Waals surface area contributed by atoms with Gasteiger partial charge in [-0.3, -0.25) is 4.79 Å². The first-order chi connectivity index (χ1) is 8.52. The number of aliphatic carboxylic acids is 1. The van der Waals surface area contributed by atoms with Gasteiger partial charge in [-0.25, -0.2) is 4.79 Å². The zero-order valence-corrected chi connectivity index (χ0v) is 11.5. The van der Waals surface area contributed by atoms with Gasteiger partial charge in [0.2, 0.25) is 0 Å². The molecule has 0 spiro atoms. The van der Waals surface area contributed by atoms with E-state index in [-0.39, 0.29) is 18.5 Å². The SMILES string of the molecule is CN(C(=O)NC1(CC(=O)O)CCC1)C1CCSC1. The van der Waals surface area contributed by atoms with Crippen LogP contribution >= 0.6 is 11.8 Å². The number of nitrogens with one attached hydrogen (secondary N) is 1. The number of carboxylic acid groups (broad SMARTS) is 1. The maximum absolute atomic E-state index is 12.1. The third-order valence-corrected chi connectivity index (χ3v) is 5.09. The van der Waals surface area contributed by atoms with E-state index >= 15 is 0 Å². The van der Waals surface area contributed by atoms with Crippen molar-refractivity contribution >= 4 is 23.8 Å². The predicted octanol–water partition coefficient (Wildman–Crippen LogP) is 1.53. The van der Waals surface area contributed by atoms with Crippen molar-refractivity contribution in [2.75, 3.05) is 18.6 Å². The van der Waals surface area contributed by atoms with Gasteiger partial charge in [-0.15, -0.1) is 0 Å². The quantitative estimate of drug-likeness (QED) is 0.814. The largest absolute Gasteiger partial charge is 0.481 e. The molecule has 102 valence electrons. The Kier molecular flexibility index (Phi) is 4.04. The van der Waals surface area contributed by atoms with Crippen molar-refractivity contribution in [3.05, 3.63) is 0 Å². The normalized spacial score (nSPS) is 25.3. The van der Waals surface area contributed by atoms with E-state index in [0.717, 1.165) is 37.2 Å². The van der Waals surface area contributed by atoms with Gasteiger partial charge in [-0.05, 0) is 31.4 Å². The summed E-state index contributed by atoms with van der Waals surface area (Å²) in [5.74, 6) is 1.24. The summed E-state index contributed by atoms with van der Waals surface area (Å²) >= 11 is 1.86. The van der Waals surface area contributed by atoms with Gasteiger partial charge in [-0.1, -0.05) is 0 Å². The predicted molar refractivity (Wildman–Crippen MR) is 70.9 cm³/mol. The third kappa shape index (κ3) is 2.91. The van der Waals surface area contributed by atoms with Gasteiger partial charge in [0.05, 0.1) is 12.0 Å². The van der Waals surface area contributed by atoms with Gasteiger partial charge < -0.3 is 15.3 Å². The van der Waals surface area contributed by atoms with Crippen molar-refractivity contribution in [2.45, 2.75) is 43.7 Å². The molecule has 6 heteroatoms. The Bertz CT molecular complexity index is 338. The molecule has 1 aliphatic heterocycles. The molecule has 0 aromatic heterocycles. The van der Waals surface area contributed by atoms with E-state index < -0.39 is 11.5 Å². The summed E-state index contributed by atoms with van der Waals surface area (Å²) in [4.78, 5) is 24.7. The minimum Gasteiger partial charge on any atom is -0.481 e. The fourth-order valence-electron chi connectivity index (χ4n) is 2.55. The highest BCUT2D eigenvalue weighted by atomic mass is 32.2. The highest BCUT2D eigenvalue weighted by Gasteiger charge is 2.41. The second kappa shape index (κ2) is 5.38. The fraction of sp³-hybridized carbons (Fsp3) is 0.833. The molecule has 0 aromatic carbocycles. The molecule has 1 aliphatic carbocycles. The summed E-state index contributed by atoms with van der Waals surface area (Å²) in [7, 11) is 1.80. The summed E-state index contributed by atoms with van der Waals surface area (Å²) in [6.45, 7) is 0. The lowest BCUT2D eigenvalue weighted by Gasteiger charge is -2.42. The Morgan fingerprint density at radius 3 is 2.67 bits per heavy atom. The highest BCUT2D eigenvalue weighted by Crippen LogP contribution is 2.35. The van der Waals surface area contributed by atoms with E-state index in [0.29, 0.717) is 0 Å². The van der Waals surface area contributed by atoms with Crippen LogP contribution in [-0.2, 0) is 4.79 Å².